The monoisotopic (exact) mass is 248 g/mol. The first-order valence-corrected chi connectivity index (χ1v) is 6.39. The minimum Gasteiger partial charge on any atom is -0.491 e. The average Bonchev–Trinajstić information content (AvgIpc) is 2.74. The Morgan fingerprint density at radius 2 is 2.11 bits per heavy atom. The van der Waals surface area contributed by atoms with Gasteiger partial charge in [-0.15, -0.1) is 0 Å². The lowest BCUT2D eigenvalue weighted by molar-refractivity contribution is -0.119. The van der Waals surface area contributed by atoms with E-state index in [-0.39, 0.29) is 18.1 Å². The zero-order valence-electron chi connectivity index (χ0n) is 10.9. The second-order valence-corrected chi connectivity index (χ2v) is 4.90. The molecular weight excluding hydrogens is 228 g/mol. The quantitative estimate of drug-likeness (QED) is 0.829. The summed E-state index contributed by atoms with van der Waals surface area (Å²) in [4.78, 5) is 11.0. The standard InChI is InChI=1S/C14H20N2O2/c1-10(2)18-13-5-3-11(4-6-13)8-15-12-7-14(17)16-9-12/h3-6,10,12,15H,7-9H2,1-2H3,(H,16,17). The molecule has 2 N–H and O–H groups in total. The van der Waals surface area contributed by atoms with Gasteiger partial charge in [0, 0.05) is 25.6 Å². The van der Waals surface area contributed by atoms with Gasteiger partial charge < -0.3 is 15.4 Å². The number of amides is 1. The van der Waals surface area contributed by atoms with Gasteiger partial charge in [0.1, 0.15) is 5.75 Å². The fourth-order valence-electron chi connectivity index (χ4n) is 1.97. The summed E-state index contributed by atoms with van der Waals surface area (Å²) in [5.41, 5.74) is 1.20. The number of carbonyl (C=O) groups excluding carboxylic acids is 1. The number of nitrogens with one attached hydrogen (secondary N) is 2. The van der Waals surface area contributed by atoms with E-state index >= 15 is 0 Å². The molecule has 0 bridgehead atoms. The number of rotatable bonds is 5. The smallest absolute Gasteiger partial charge is 0.221 e. The summed E-state index contributed by atoms with van der Waals surface area (Å²) in [6.07, 6.45) is 0.777. The molecule has 1 heterocycles. The molecule has 1 fully saturated rings. The maximum atomic E-state index is 11.0. The molecule has 1 aromatic carbocycles. The Labute approximate surface area is 108 Å². The first-order valence-electron chi connectivity index (χ1n) is 6.39. The lowest BCUT2D eigenvalue weighted by Crippen LogP contribution is -2.30. The van der Waals surface area contributed by atoms with Crippen LogP contribution in [0.5, 0.6) is 5.75 Å². The highest BCUT2D eigenvalue weighted by atomic mass is 16.5. The Bertz CT molecular complexity index is 401. The van der Waals surface area contributed by atoms with Crippen molar-refractivity contribution in [2.45, 2.75) is 39.0 Å². The predicted molar refractivity (Wildman–Crippen MR) is 70.5 cm³/mol. The fraction of sp³-hybridized carbons (Fsp3) is 0.500. The summed E-state index contributed by atoms with van der Waals surface area (Å²) < 4.78 is 5.59. The highest BCUT2D eigenvalue weighted by Gasteiger charge is 2.20. The summed E-state index contributed by atoms with van der Waals surface area (Å²) in [6, 6.07) is 8.32. The molecule has 1 aromatic rings. The molecule has 4 nitrogen and oxygen atoms in total. The van der Waals surface area contributed by atoms with Gasteiger partial charge in [0.25, 0.3) is 0 Å². The third-order valence-electron chi connectivity index (χ3n) is 2.87. The van der Waals surface area contributed by atoms with Crippen molar-refractivity contribution >= 4 is 5.91 Å². The highest BCUT2D eigenvalue weighted by Crippen LogP contribution is 2.14. The molecule has 0 aromatic heterocycles. The van der Waals surface area contributed by atoms with Crippen molar-refractivity contribution in [1.29, 1.82) is 0 Å². The van der Waals surface area contributed by atoms with Gasteiger partial charge in [-0.2, -0.15) is 0 Å². The van der Waals surface area contributed by atoms with Gasteiger partial charge in [-0.05, 0) is 31.5 Å². The van der Waals surface area contributed by atoms with Gasteiger partial charge in [-0.1, -0.05) is 12.1 Å². The molecule has 1 amide bonds. The van der Waals surface area contributed by atoms with Crippen molar-refractivity contribution in [3.8, 4) is 5.75 Å². The molecule has 2 rings (SSSR count). The molecule has 98 valence electrons. The van der Waals surface area contributed by atoms with E-state index in [2.05, 4.69) is 22.8 Å². The van der Waals surface area contributed by atoms with Crippen LogP contribution >= 0.6 is 0 Å². The van der Waals surface area contributed by atoms with Gasteiger partial charge in [0.15, 0.2) is 0 Å². The van der Waals surface area contributed by atoms with E-state index in [1.165, 1.54) is 5.56 Å². The van der Waals surface area contributed by atoms with Crippen LogP contribution in [-0.4, -0.2) is 24.6 Å². The Morgan fingerprint density at radius 1 is 1.39 bits per heavy atom. The van der Waals surface area contributed by atoms with Crippen LogP contribution in [0.2, 0.25) is 0 Å². The maximum absolute atomic E-state index is 11.0. The fourth-order valence-corrected chi connectivity index (χ4v) is 1.97. The topological polar surface area (TPSA) is 50.4 Å². The SMILES string of the molecule is CC(C)Oc1ccc(CNC2CNC(=O)C2)cc1. The number of benzene rings is 1. The lowest BCUT2D eigenvalue weighted by Gasteiger charge is -2.12. The zero-order chi connectivity index (χ0) is 13.0. The largest absolute Gasteiger partial charge is 0.491 e. The summed E-state index contributed by atoms with van der Waals surface area (Å²) in [5, 5.41) is 6.18. The first kappa shape index (κ1) is 12.9. The maximum Gasteiger partial charge on any atom is 0.221 e. The van der Waals surface area contributed by atoms with E-state index in [0.717, 1.165) is 18.8 Å². The molecule has 1 aliphatic heterocycles. The number of hydrogen-bond acceptors (Lipinski definition) is 3. The van der Waals surface area contributed by atoms with E-state index in [1.54, 1.807) is 0 Å². The van der Waals surface area contributed by atoms with Crippen LogP contribution in [0.1, 0.15) is 25.8 Å². The summed E-state index contributed by atoms with van der Waals surface area (Å²) in [7, 11) is 0. The van der Waals surface area contributed by atoms with Crippen molar-refractivity contribution in [2.24, 2.45) is 0 Å². The molecule has 0 spiro atoms. The lowest BCUT2D eigenvalue weighted by atomic mass is 10.2. The van der Waals surface area contributed by atoms with Crippen molar-refractivity contribution in [3.63, 3.8) is 0 Å². The molecule has 18 heavy (non-hydrogen) atoms. The molecule has 4 heteroatoms. The summed E-state index contributed by atoms with van der Waals surface area (Å²) >= 11 is 0. The molecule has 1 unspecified atom stereocenters. The van der Waals surface area contributed by atoms with E-state index < -0.39 is 0 Å². The Kier molecular flexibility index (Phi) is 4.20. The first-order chi connectivity index (χ1) is 8.63. The third-order valence-corrected chi connectivity index (χ3v) is 2.87. The number of carbonyl (C=O) groups is 1. The van der Waals surface area contributed by atoms with Crippen LogP contribution in [-0.2, 0) is 11.3 Å². The van der Waals surface area contributed by atoms with Crippen molar-refractivity contribution in [3.05, 3.63) is 29.8 Å². The molecule has 0 radical (unpaired) electrons. The van der Waals surface area contributed by atoms with Crippen LogP contribution in [0.4, 0.5) is 0 Å². The van der Waals surface area contributed by atoms with Gasteiger partial charge in [-0.3, -0.25) is 4.79 Å². The Morgan fingerprint density at radius 3 is 2.67 bits per heavy atom. The van der Waals surface area contributed by atoms with Gasteiger partial charge in [0.05, 0.1) is 6.10 Å². The summed E-state index contributed by atoms with van der Waals surface area (Å²) in [6.45, 7) is 5.54. The molecular formula is C14H20N2O2. The van der Waals surface area contributed by atoms with Crippen LogP contribution in [0.25, 0.3) is 0 Å². The van der Waals surface area contributed by atoms with Gasteiger partial charge in [-0.25, -0.2) is 0 Å². The predicted octanol–water partition coefficient (Wildman–Crippen LogP) is 1.45. The number of hydrogen-bond donors (Lipinski definition) is 2. The van der Waals surface area contributed by atoms with Crippen LogP contribution in [0, 0.1) is 0 Å². The van der Waals surface area contributed by atoms with Crippen LogP contribution in [0.15, 0.2) is 24.3 Å². The molecule has 1 aliphatic rings. The Balaban J connectivity index is 1.81. The van der Waals surface area contributed by atoms with Crippen molar-refractivity contribution in [2.75, 3.05) is 6.54 Å². The average molecular weight is 248 g/mol. The highest BCUT2D eigenvalue weighted by molar-refractivity contribution is 5.78. The molecule has 0 aliphatic carbocycles. The minimum absolute atomic E-state index is 0.133. The van der Waals surface area contributed by atoms with Crippen molar-refractivity contribution in [1.82, 2.24) is 10.6 Å². The van der Waals surface area contributed by atoms with Crippen molar-refractivity contribution < 1.29 is 9.53 Å². The van der Waals surface area contributed by atoms with E-state index in [9.17, 15) is 4.79 Å². The Hall–Kier alpha value is -1.55. The second-order valence-electron chi connectivity index (χ2n) is 4.90. The van der Waals surface area contributed by atoms with Gasteiger partial charge >= 0.3 is 0 Å². The van der Waals surface area contributed by atoms with E-state index in [4.69, 9.17) is 4.74 Å². The van der Waals surface area contributed by atoms with Crippen LogP contribution in [0.3, 0.4) is 0 Å². The second kappa shape index (κ2) is 5.87. The zero-order valence-corrected chi connectivity index (χ0v) is 10.9. The molecule has 1 saturated heterocycles. The molecule has 1 atom stereocenters. The number of ether oxygens (including phenoxy) is 1. The van der Waals surface area contributed by atoms with E-state index in [1.807, 2.05) is 26.0 Å². The van der Waals surface area contributed by atoms with Gasteiger partial charge in [0.2, 0.25) is 5.91 Å². The third kappa shape index (κ3) is 3.74. The minimum atomic E-state index is 0.133. The summed E-state index contributed by atoms with van der Waals surface area (Å²) in [5.74, 6) is 1.03. The van der Waals surface area contributed by atoms with Crippen LogP contribution < -0.4 is 15.4 Å². The molecule has 0 saturated carbocycles. The van der Waals surface area contributed by atoms with E-state index in [0.29, 0.717) is 6.42 Å². The normalized spacial score (nSPS) is 19.1.